The summed E-state index contributed by atoms with van der Waals surface area (Å²) in [4.78, 5) is 11.3. The highest BCUT2D eigenvalue weighted by atomic mass is 16.1. The van der Waals surface area contributed by atoms with Crippen molar-refractivity contribution in [3.63, 3.8) is 0 Å². The maximum Gasteiger partial charge on any atom is 0.159 e. The minimum absolute atomic E-state index is 0.128. The second kappa shape index (κ2) is 4.52. The third-order valence-corrected chi connectivity index (χ3v) is 2.93. The van der Waals surface area contributed by atoms with Crippen molar-refractivity contribution < 1.29 is 4.79 Å². The lowest BCUT2D eigenvalue weighted by Crippen LogP contribution is -1.96. The Morgan fingerprint density at radius 3 is 2.81 bits per heavy atom. The highest BCUT2D eigenvalue weighted by molar-refractivity contribution is 5.98. The van der Waals surface area contributed by atoms with Crippen molar-refractivity contribution in [1.29, 1.82) is 0 Å². The van der Waals surface area contributed by atoms with Crippen LogP contribution in [0.15, 0.2) is 30.5 Å². The lowest BCUT2D eigenvalue weighted by atomic mass is 10.1. The summed E-state index contributed by atoms with van der Waals surface area (Å²) in [5.41, 5.74) is 2.01. The Morgan fingerprint density at radius 1 is 1.31 bits per heavy atom. The Hall–Kier alpha value is -1.57. The topological polar surface area (TPSA) is 22.0 Å². The molecule has 2 nitrogen and oxygen atoms in total. The molecule has 1 aromatic carbocycles. The number of hydrogen-bond acceptors (Lipinski definition) is 1. The van der Waals surface area contributed by atoms with E-state index in [-0.39, 0.29) is 5.78 Å². The van der Waals surface area contributed by atoms with Crippen LogP contribution in [0.1, 0.15) is 37.0 Å². The van der Waals surface area contributed by atoms with Gasteiger partial charge in [-0.1, -0.05) is 13.3 Å². The second-order valence-electron chi connectivity index (χ2n) is 4.19. The fraction of sp³-hybridized carbons (Fsp3) is 0.357. The van der Waals surface area contributed by atoms with Crippen molar-refractivity contribution in [3.05, 3.63) is 36.0 Å². The maximum absolute atomic E-state index is 11.3. The number of aromatic nitrogens is 1. The number of rotatable bonds is 4. The summed E-state index contributed by atoms with van der Waals surface area (Å²) in [5, 5.41) is 1.16. The van der Waals surface area contributed by atoms with Crippen LogP contribution in [0.5, 0.6) is 0 Å². The number of unbranched alkanes of at least 4 members (excludes halogenated alkanes) is 1. The predicted molar refractivity (Wildman–Crippen MR) is 66.9 cm³/mol. The summed E-state index contributed by atoms with van der Waals surface area (Å²) < 4.78 is 2.25. The fourth-order valence-electron chi connectivity index (χ4n) is 1.94. The lowest BCUT2D eigenvalue weighted by Gasteiger charge is -2.04. The zero-order valence-corrected chi connectivity index (χ0v) is 9.86. The van der Waals surface area contributed by atoms with Crippen LogP contribution in [-0.2, 0) is 6.54 Å². The molecule has 0 fully saturated rings. The first kappa shape index (κ1) is 10.9. The average molecular weight is 215 g/mol. The van der Waals surface area contributed by atoms with Crippen LogP contribution in [0, 0.1) is 0 Å². The van der Waals surface area contributed by atoms with E-state index in [0.29, 0.717) is 0 Å². The molecule has 1 aromatic heterocycles. The Kier molecular flexibility index (Phi) is 3.09. The van der Waals surface area contributed by atoms with Gasteiger partial charge in [0.1, 0.15) is 0 Å². The summed E-state index contributed by atoms with van der Waals surface area (Å²) in [6.45, 7) is 4.86. The summed E-state index contributed by atoms with van der Waals surface area (Å²) in [7, 11) is 0. The molecular formula is C14H17NO. The van der Waals surface area contributed by atoms with Crippen molar-refractivity contribution in [2.75, 3.05) is 0 Å². The van der Waals surface area contributed by atoms with Gasteiger partial charge in [0.15, 0.2) is 5.78 Å². The number of benzene rings is 1. The van der Waals surface area contributed by atoms with Crippen molar-refractivity contribution in [3.8, 4) is 0 Å². The van der Waals surface area contributed by atoms with E-state index in [1.54, 1.807) is 6.92 Å². The van der Waals surface area contributed by atoms with E-state index in [9.17, 15) is 4.79 Å². The molecule has 0 saturated carbocycles. The van der Waals surface area contributed by atoms with E-state index in [1.165, 1.54) is 18.4 Å². The van der Waals surface area contributed by atoms with E-state index >= 15 is 0 Å². The highest BCUT2D eigenvalue weighted by Gasteiger charge is 2.04. The molecular weight excluding hydrogens is 198 g/mol. The molecule has 0 aliphatic carbocycles. The second-order valence-corrected chi connectivity index (χ2v) is 4.19. The molecule has 0 unspecified atom stereocenters. The normalized spacial score (nSPS) is 10.9. The van der Waals surface area contributed by atoms with E-state index in [1.807, 2.05) is 18.2 Å². The number of carbonyl (C=O) groups is 1. The monoisotopic (exact) mass is 215 g/mol. The highest BCUT2D eigenvalue weighted by Crippen LogP contribution is 2.18. The SMILES string of the molecule is CCCCn1ccc2cc(C(C)=O)ccc21. The Bertz CT molecular complexity index is 510. The summed E-state index contributed by atoms with van der Waals surface area (Å²) in [5.74, 6) is 0.128. The zero-order valence-electron chi connectivity index (χ0n) is 9.86. The van der Waals surface area contributed by atoms with Crippen LogP contribution in [0.4, 0.5) is 0 Å². The van der Waals surface area contributed by atoms with Gasteiger partial charge in [0.05, 0.1) is 0 Å². The number of Topliss-reactive ketones (excluding diaryl/α,β-unsaturated/α-hetero) is 1. The van der Waals surface area contributed by atoms with Crippen molar-refractivity contribution in [2.45, 2.75) is 33.2 Å². The van der Waals surface area contributed by atoms with Gasteiger partial charge in [0.25, 0.3) is 0 Å². The number of carbonyl (C=O) groups excluding carboxylic acids is 1. The minimum atomic E-state index is 0.128. The number of fused-ring (bicyclic) bond motifs is 1. The molecule has 84 valence electrons. The van der Waals surface area contributed by atoms with Gasteiger partial charge in [0, 0.05) is 29.2 Å². The molecule has 2 aromatic rings. The molecule has 0 spiro atoms. The van der Waals surface area contributed by atoms with Gasteiger partial charge in [-0.15, -0.1) is 0 Å². The first-order valence-corrected chi connectivity index (χ1v) is 5.82. The standard InChI is InChI=1S/C14H17NO/c1-3-4-8-15-9-7-13-10-12(11(2)16)5-6-14(13)15/h5-7,9-10H,3-4,8H2,1-2H3. The third-order valence-electron chi connectivity index (χ3n) is 2.93. The number of aryl methyl sites for hydroxylation is 1. The summed E-state index contributed by atoms with van der Waals surface area (Å²) in [6, 6.07) is 8.01. The first-order chi connectivity index (χ1) is 7.72. The Balaban J connectivity index is 2.38. The molecule has 0 aliphatic heterocycles. The summed E-state index contributed by atoms with van der Waals surface area (Å²) in [6.07, 6.45) is 4.49. The molecule has 2 heteroatoms. The van der Waals surface area contributed by atoms with Gasteiger partial charge in [-0.25, -0.2) is 0 Å². The van der Waals surface area contributed by atoms with Crippen LogP contribution >= 0.6 is 0 Å². The Morgan fingerprint density at radius 2 is 2.12 bits per heavy atom. The quantitative estimate of drug-likeness (QED) is 0.714. The van der Waals surface area contributed by atoms with Crippen LogP contribution < -0.4 is 0 Å². The number of nitrogens with zero attached hydrogens (tertiary/aromatic N) is 1. The largest absolute Gasteiger partial charge is 0.347 e. The number of ketones is 1. The van der Waals surface area contributed by atoms with Gasteiger partial charge in [-0.2, -0.15) is 0 Å². The van der Waals surface area contributed by atoms with E-state index in [4.69, 9.17) is 0 Å². The zero-order chi connectivity index (χ0) is 11.5. The van der Waals surface area contributed by atoms with Crippen molar-refractivity contribution >= 4 is 16.7 Å². The van der Waals surface area contributed by atoms with E-state index in [0.717, 1.165) is 17.5 Å². The molecule has 16 heavy (non-hydrogen) atoms. The smallest absolute Gasteiger partial charge is 0.159 e. The molecule has 2 rings (SSSR count). The molecule has 0 bridgehead atoms. The minimum Gasteiger partial charge on any atom is -0.347 e. The molecule has 0 N–H and O–H groups in total. The van der Waals surface area contributed by atoms with Gasteiger partial charge in [-0.05, 0) is 37.6 Å². The number of hydrogen-bond donors (Lipinski definition) is 0. The lowest BCUT2D eigenvalue weighted by molar-refractivity contribution is 0.101. The van der Waals surface area contributed by atoms with Gasteiger partial charge >= 0.3 is 0 Å². The third kappa shape index (κ3) is 2.01. The molecule has 0 saturated heterocycles. The van der Waals surface area contributed by atoms with Crippen LogP contribution in [0.25, 0.3) is 10.9 Å². The van der Waals surface area contributed by atoms with Crippen LogP contribution in [0.3, 0.4) is 0 Å². The molecule has 1 heterocycles. The van der Waals surface area contributed by atoms with Gasteiger partial charge in [-0.3, -0.25) is 4.79 Å². The molecule has 0 radical (unpaired) electrons. The van der Waals surface area contributed by atoms with E-state index in [2.05, 4.69) is 23.8 Å². The molecule has 0 aliphatic rings. The first-order valence-electron chi connectivity index (χ1n) is 5.82. The van der Waals surface area contributed by atoms with Gasteiger partial charge in [0.2, 0.25) is 0 Å². The van der Waals surface area contributed by atoms with Crippen molar-refractivity contribution in [2.24, 2.45) is 0 Å². The fourth-order valence-corrected chi connectivity index (χ4v) is 1.94. The van der Waals surface area contributed by atoms with Crippen LogP contribution in [-0.4, -0.2) is 10.4 Å². The molecule has 0 atom stereocenters. The predicted octanol–water partition coefficient (Wildman–Crippen LogP) is 3.64. The maximum atomic E-state index is 11.3. The van der Waals surface area contributed by atoms with Gasteiger partial charge < -0.3 is 4.57 Å². The average Bonchev–Trinajstić information content (AvgIpc) is 2.68. The summed E-state index contributed by atoms with van der Waals surface area (Å²) >= 11 is 0. The van der Waals surface area contributed by atoms with E-state index < -0.39 is 0 Å². The Labute approximate surface area is 95.9 Å². The van der Waals surface area contributed by atoms with Crippen molar-refractivity contribution in [1.82, 2.24) is 4.57 Å². The van der Waals surface area contributed by atoms with Crippen LogP contribution in [0.2, 0.25) is 0 Å². The molecule has 0 amide bonds.